The first-order valence-corrected chi connectivity index (χ1v) is 4.99. The molecule has 2 fully saturated rings. The van der Waals surface area contributed by atoms with Crippen LogP contribution in [-0.4, -0.2) is 11.9 Å². The average molecular weight is 167 g/mol. The molecule has 2 saturated carbocycles. The van der Waals surface area contributed by atoms with Crippen molar-refractivity contribution in [2.75, 3.05) is 0 Å². The minimum atomic E-state index is 0.0578. The average Bonchev–Trinajstić information content (AvgIpc) is 2.89. The fourth-order valence-electron chi connectivity index (χ4n) is 1.74. The summed E-state index contributed by atoms with van der Waals surface area (Å²) in [4.78, 5) is 11.6. The third-order valence-corrected chi connectivity index (χ3v) is 3.44. The van der Waals surface area contributed by atoms with Gasteiger partial charge in [-0.3, -0.25) is 4.79 Å². The summed E-state index contributed by atoms with van der Waals surface area (Å²) in [5, 5.41) is 3.12. The van der Waals surface area contributed by atoms with Crippen molar-refractivity contribution >= 4 is 5.91 Å². The molecule has 2 rings (SSSR count). The number of carbonyl (C=O) groups is 1. The Balaban J connectivity index is 1.84. The van der Waals surface area contributed by atoms with Crippen LogP contribution >= 0.6 is 0 Å². The van der Waals surface area contributed by atoms with Crippen LogP contribution in [0.2, 0.25) is 0 Å². The molecule has 0 radical (unpaired) electrons. The summed E-state index contributed by atoms with van der Waals surface area (Å²) in [6.07, 6.45) is 4.42. The highest BCUT2D eigenvalue weighted by atomic mass is 16.2. The van der Waals surface area contributed by atoms with Crippen molar-refractivity contribution in [1.82, 2.24) is 5.32 Å². The highest BCUT2D eigenvalue weighted by Gasteiger charge is 2.49. The zero-order valence-corrected chi connectivity index (χ0v) is 7.89. The van der Waals surface area contributed by atoms with Gasteiger partial charge in [-0.1, -0.05) is 13.8 Å². The summed E-state index contributed by atoms with van der Waals surface area (Å²) in [7, 11) is 0. The molecular formula is C10H17NO. The molecule has 12 heavy (non-hydrogen) atoms. The van der Waals surface area contributed by atoms with Crippen LogP contribution in [0, 0.1) is 11.3 Å². The van der Waals surface area contributed by atoms with E-state index in [0.29, 0.717) is 11.9 Å². The number of hydrogen-bond donors (Lipinski definition) is 1. The zero-order chi connectivity index (χ0) is 8.77. The van der Waals surface area contributed by atoms with E-state index in [1.54, 1.807) is 0 Å². The SMILES string of the molecule is CCC1(C(=O)N[C@@H]2C[C@H]2C)CC1. The fourth-order valence-corrected chi connectivity index (χ4v) is 1.74. The largest absolute Gasteiger partial charge is 0.353 e. The van der Waals surface area contributed by atoms with Gasteiger partial charge in [0, 0.05) is 11.5 Å². The fraction of sp³-hybridized carbons (Fsp3) is 0.900. The zero-order valence-electron chi connectivity index (χ0n) is 7.89. The van der Waals surface area contributed by atoms with E-state index >= 15 is 0 Å². The molecule has 0 aliphatic heterocycles. The number of nitrogens with one attached hydrogen (secondary N) is 1. The molecule has 0 spiro atoms. The Morgan fingerprint density at radius 3 is 2.50 bits per heavy atom. The van der Waals surface area contributed by atoms with Crippen LogP contribution in [0.1, 0.15) is 39.5 Å². The molecule has 1 amide bonds. The van der Waals surface area contributed by atoms with Crippen LogP contribution in [0.4, 0.5) is 0 Å². The van der Waals surface area contributed by atoms with Crippen molar-refractivity contribution in [3.63, 3.8) is 0 Å². The number of rotatable bonds is 3. The molecule has 0 heterocycles. The van der Waals surface area contributed by atoms with Crippen molar-refractivity contribution in [1.29, 1.82) is 0 Å². The van der Waals surface area contributed by atoms with Crippen molar-refractivity contribution in [3.05, 3.63) is 0 Å². The lowest BCUT2D eigenvalue weighted by molar-refractivity contribution is -0.126. The quantitative estimate of drug-likeness (QED) is 0.681. The Kier molecular flexibility index (Phi) is 1.67. The van der Waals surface area contributed by atoms with E-state index in [2.05, 4.69) is 19.2 Å². The Morgan fingerprint density at radius 1 is 1.58 bits per heavy atom. The highest BCUT2D eigenvalue weighted by molar-refractivity contribution is 5.85. The van der Waals surface area contributed by atoms with Crippen molar-refractivity contribution < 1.29 is 4.79 Å². The Labute approximate surface area is 73.7 Å². The van der Waals surface area contributed by atoms with E-state index in [-0.39, 0.29) is 5.41 Å². The molecule has 0 aromatic heterocycles. The van der Waals surface area contributed by atoms with Gasteiger partial charge in [0.2, 0.25) is 5.91 Å². The summed E-state index contributed by atoms with van der Waals surface area (Å²) in [5.41, 5.74) is 0.0578. The van der Waals surface area contributed by atoms with Gasteiger partial charge >= 0.3 is 0 Å². The minimum Gasteiger partial charge on any atom is -0.353 e. The van der Waals surface area contributed by atoms with Crippen LogP contribution in [0.3, 0.4) is 0 Å². The van der Waals surface area contributed by atoms with Crippen LogP contribution in [0.5, 0.6) is 0 Å². The number of hydrogen-bond acceptors (Lipinski definition) is 1. The molecule has 2 aliphatic carbocycles. The summed E-state index contributed by atoms with van der Waals surface area (Å²) in [6.45, 7) is 4.30. The third kappa shape index (κ3) is 1.23. The van der Waals surface area contributed by atoms with Crippen LogP contribution in [0.15, 0.2) is 0 Å². The Hall–Kier alpha value is -0.530. The van der Waals surface area contributed by atoms with Gasteiger partial charge in [0.1, 0.15) is 0 Å². The molecule has 0 saturated heterocycles. The lowest BCUT2D eigenvalue weighted by Crippen LogP contribution is -2.33. The first kappa shape index (κ1) is 8.09. The van der Waals surface area contributed by atoms with E-state index in [1.807, 2.05) is 0 Å². The maximum atomic E-state index is 11.6. The standard InChI is InChI=1S/C10H17NO/c1-3-10(4-5-10)9(12)11-8-6-7(8)2/h7-8H,3-6H2,1-2H3,(H,11,12)/t7-,8-/m1/s1. The van der Waals surface area contributed by atoms with Gasteiger partial charge in [0.15, 0.2) is 0 Å². The predicted molar refractivity (Wildman–Crippen MR) is 47.7 cm³/mol. The topological polar surface area (TPSA) is 29.1 Å². The van der Waals surface area contributed by atoms with Crippen molar-refractivity contribution in [3.8, 4) is 0 Å². The van der Waals surface area contributed by atoms with Gasteiger partial charge < -0.3 is 5.32 Å². The number of carbonyl (C=O) groups excluding carboxylic acids is 1. The highest BCUT2D eigenvalue weighted by Crippen LogP contribution is 2.49. The second-order valence-corrected chi connectivity index (χ2v) is 4.43. The van der Waals surface area contributed by atoms with Gasteiger partial charge in [-0.05, 0) is 31.6 Å². The summed E-state index contributed by atoms with van der Waals surface area (Å²) < 4.78 is 0. The Bertz CT molecular complexity index is 208. The van der Waals surface area contributed by atoms with Crippen LogP contribution in [-0.2, 0) is 4.79 Å². The van der Waals surface area contributed by atoms with E-state index in [4.69, 9.17) is 0 Å². The molecule has 0 aromatic rings. The maximum Gasteiger partial charge on any atom is 0.226 e. The van der Waals surface area contributed by atoms with Gasteiger partial charge in [0.25, 0.3) is 0 Å². The third-order valence-electron chi connectivity index (χ3n) is 3.44. The Morgan fingerprint density at radius 2 is 2.17 bits per heavy atom. The maximum absolute atomic E-state index is 11.6. The number of amides is 1. The molecule has 2 heteroatoms. The monoisotopic (exact) mass is 167 g/mol. The first-order chi connectivity index (χ1) is 5.68. The summed E-state index contributed by atoms with van der Waals surface area (Å²) >= 11 is 0. The van der Waals surface area contributed by atoms with Crippen molar-refractivity contribution in [2.24, 2.45) is 11.3 Å². The molecule has 0 unspecified atom stereocenters. The second-order valence-electron chi connectivity index (χ2n) is 4.43. The molecule has 0 aromatic carbocycles. The van der Waals surface area contributed by atoms with Gasteiger partial charge in [-0.25, -0.2) is 0 Å². The first-order valence-electron chi connectivity index (χ1n) is 4.99. The van der Waals surface area contributed by atoms with E-state index in [9.17, 15) is 4.79 Å². The second kappa shape index (κ2) is 2.48. The summed E-state index contributed by atoms with van der Waals surface area (Å²) in [6, 6.07) is 0.501. The van der Waals surface area contributed by atoms with E-state index in [1.165, 1.54) is 6.42 Å². The predicted octanol–water partition coefficient (Wildman–Crippen LogP) is 1.70. The van der Waals surface area contributed by atoms with E-state index < -0.39 is 0 Å². The smallest absolute Gasteiger partial charge is 0.226 e. The summed E-state index contributed by atoms with van der Waals surface area (Å²) in [5.74, 6) is 1.04. The van der Waals surface area contributed by atoms with E-state index in [0.717, 1.165) is 25.2 Å². The minimum absolute atomic E-state index is 0.0578. The molecule has 68 valence electrons. The molecule has 2 atom stereocenters. The normalized spacial score (nSPS) is 35.8. The lowest BCUT2D eigenvalue weighted by Gasteiger charge is -2.11. The molecular weight excluding hydrogens is 150 g/mol. The molecule has 2 aliphatic rings. The van der Waals surface area contributed by atoms with Crippen molar-refractivity contribution in [2.45, 2.75) is 45.6 Å². The molecule has 2 nitrogen and oxygen atoms in total. The molecule has 1 N–H and O–H groups in total. The van der Waals surface area contributed by atoms with Gasteiger partial charge in [0.05, 0.1) is 0 Å². The van der Waals surface area contributed by atoms with Gasteiger partial charge in [-0.2, -0.15) is 0 Å². The molecule has 0 bridgehead atoms. The van der Waals surface area contributed by atoms with Gasteiger partial charge in [-0.15, -0.1) is 0 Å². The lowest BCUT2D eigenvalue weighted by atomic mass is 10.0. The van der Waals surface area contributed by atoms with Crippen LogP contribution in [0.25, 0.3) is 0 Å². The van der Waals surface area contributed by atoms with Crippen LogP contribution < -0.4 is 5.32 Å².